The fourth-order valence-corrected chi connectivity index (χ4v) is 2.61. The maximum atomic E-state index is 13.9. The summed E-state index contributed by atoms with van der Waals surface area (Å²) in [6.45, 7) is 0. The summed E-state index contributed by atoms with van der Waals surface area (Å²) in [5.74, 6) is -0.744. The summed E-state index contributed by atoms with van der Waals surface area (Å²) in [6, 6.07) is 10.8. The summed E-state index contributed by atoms with van der Waals surface area (Å²) < 4.78 is 27.2. The number of nitrogens with zero attached hydrogens (tertiary/aromatic N) is 1. The number of rotatable bonds is 2. The van der Waals surface area contributed by atoms with Gasteiger partial charge in [0.2, 0.25) is 0 Å². The molecule has 0 aromatic heterocycles. The summed E-state index contributed by atoms with van der Waals surface area (Å²) in [5, 5.41) is 11.8. The molecule has 1 aliphatic rings. The lowest BCUT2D eigenvalue weighted by molar-refractivity contribution is 0.619. The monoisotopic (exact) mass is 270 g/mol. The zero-order valence-electron chi connectivity index (χ0n) is 10.7. The van der Waals surface area contributed by atoms with Gasteiger partial charge in [0.25, 0.3) is 0 Å². The van der Waals surface area contributed by atoms with Gasteiger partial charge in [0.1, 0.15) is 11.6 Å². The number of hydrogen-bond donors (Lipinski definition) is 1. The lowest BCUT2D eigenvalue weighted by Crippen LogP contribution is -2.08. The Morgan fingerprint density at radius 1 is 1.15 bits per heavy atom. The number of benzene rings is 2. The minimum Gasteiger partial charge on any atom is -0.376 e. The molecule has 0 aliphatic heterocycles. The van der Waals surface area contributed by atoms with Crippen LogP contribution in [-0.2, 0) is 6.42 Å². The third-order valence-corrected chi connectivity index (χ3v) is 3.61. The first-order valence-corrected chi connectivity index (χ1v) is 6.42. The van der Waals surface area contributed by atoms with Gasteiger partial charge < -0.3 is 5.32 Å². The van der Waals surface area contributed by atoms with Crippen molar-refractivity contribution in [2.24, 2.45) is 0 Å². The molecule has 1 unspecified atom stereocenters. The molecule has 2 nitrogen and oxygen atoms in total. The van der Waals surface area contributed by atoms with Crippen molar-refractivity contribution in [1.29, 1.82) is 5.26 Å². The highest BCUT2D eigenvalue weighted by atomic mass is 19.1. The van der Waals surface area contributed by atoms with Gasteiger partial charge in [-0.1, -0.05) is 6.07 Å². The van der Waals surface area contributed by atoms with Crippen LogP contribution < -0.4 is 5.32 Å². The summed E-state index contributed by atoms with van der Waals surface area (Å²) in [7, 11) is 0. The molecule has 2 aromatic rings. The zero-order chi connectivity index (χ0) is 14.1. The Morgan fingerprint density at radius 3 is 2.75 bits per heavy atom. The zero-order valence-corrected chi connectivity index (χ0v) is 10.7. The van der Waals surface area contributed by atoms with E-state index in [-0.39, 0.29) is 17.4 Å². The molecule has 0 heterocycles. The number of nitrogens with one attached hydrogen (secondary N) is 1. The highest BCUT2D eigenvalue weighted by molar-refractivity contribution is 5.52. The predicted molar refractivity (Wildman–Crippen MR) is 72.2 cm³/mol. The lowest BCUT2D eigenvalue weighted by Gasteiger charge is -2.16. The molecule has 100 valence electrons. The van der Waals surface area contributed by atoms with E-state index < -0.39 is 5.82 Å². The molecular formula is C16H12F2N2. The minimum atomic E-state index is -0.464. The van der Waals surface area contributed by atoms with Crippen LogP contribution in [-0.4, -0.2) is 0 Å². The van der Waals surface area contributed by atoms with Gasteiger partial charge in [0.05, 0.1) is 23.4 Å². The molecule has 0 bridgehead atoms. The number of fused-ring (bicyclic) bond motifs is 1. The van der Waals surface area contributed by atoms with Gasteiger partial charge in [0.15, 0.2) is 0 Å². The Hall–Kier alpha value is -2.41. The first-order valence-electron chi connectivity index (χ1n) is 6.42. The van der Waals surface area contributed by atoms with E-state index >= 15 is 0 Å². The Bertz CT molecular complexity index is 704. The standard InChI is InChI=1S/C16H12F2N2/c17-12-4-2-11-3-6-15(13(11)8-12)20-16-5-1-10(9-19)7-14(16)18/h1-2,4-5,7-8,15,20H,3,6H2. The van der Waals surface area contributed by atoms with Crippen molar-refractivity contribution in [2.75, 3.05) is 5.32 Å². The summed E-state index contributed by atoms with van der Waals surface area (Å²) >= 11 is 0. The second-order valence-corrected chi connectivity index (χ2v) is 4.89. The third-order valence-electron chi connectivity index (χ3n) is 3.61. The highest BCUT2D eigenvalue weighted by Gasteiger charge is 2.23. The molecule has 0 saturated heterocycles. The molecule has 20 heavy (non-hydrogen) atoms. The summed E-state index contributed by atoms with van der Waals surface area (Å²) in [5.41, 5.74) is 2.60. The molecule has 0 saturated carbocycles. The molecule has 1 aliphatic carbocycles. The first kappa shape index (κ1) is 12.6. The fraction of sp³-hybridized carbons (Fsp3) is 0.188. The van der Waals surface area contributed by atoms with Crippen molar-refractivity contribution in [2.45, 2.75) is 18.9 Å². The first-order chi connectivity index (χ1) is 9.67. The minimum absolute atomic E-state index is 0.0943. The van der Waals surface area contributed by atoms with Gasteiger partial charge in [-0.05, 0) is 54.3 Å². The van der Waals surface area contributed by atoms with Crippen LogP contribution in [0, 0.1) is 23.0 Å². The average molecular weight is 270 g/mol. The predicted octanol–water partition coefficient (Wildman–Crippen LogP) is 3.94. The number of nitriles is 1. The van der Waals surface area contributed by atoms with Crippen LogP contribution in [0.4, 0.5) is 14.5 Å². The molecule has 1 atom stereocenters. The van der Waals surface area contributed by atoms with Gasteiger partial charge in [-0.2, -0.15) is 5.26 Å². The van der Waals surface area contributed by atoms with Crippen LogP contribution in [0.2, 0.25) is 0 Å². The molecular weight excluding hydrogens is 258 g/mol. The quantitative estimate of drug-likeness (QED) is 0.897. The van der Waals surface area contributed by atoms with E-state index in [0.717, 1.165) is 24.0 Å². The van der Waals surface area contributed by atoms with Crippen LogP contribution >= 0.6 is 0 Å². The van der Waals surface area contributed by atoms with Crippen molar-refractivity contribution in [3.8, 4) is 6.07 Å². The van der Waals surface area contributed by atoms with E-state index in [1.165, 1.54) is 18.2 Å². The van der Waals surface area contributed by atoms with Gasteiger partial charge in [-0.15, -0.1) is 0 Å². The Morgan fingerprint density at radius 2 is 2.00 bits per heavy atom. The second kappa shape index (κ2) is 4.93. The Labute approximate surface area is 115 Å². The molecule has 1 N–H and O–H groups in total. The molecule has 0 spiro atoms. The van der Waals surface area contributed by atoms with Crippen molar-refractivity contribution in [3.05, 3.63) is 64.7 Å². The molecule has 0 radical (unpaired) electrons. The van der Waals surface area contributed by atoms with Crippen LogP contribution in [0.15, 0.2) is 36.4 Å². The van der Waals surface area contributed by atoms with Gasteiger partial charge >= 0.3 is 0 Å². The second-order valence-electron chi connectivity index (χ2n) is 4.89. The van der Waals surface area contributed by atoms with Crippen molar-refractivity contribution >= 4 is 5.69 Å². The lowest BCUT2D eigenvalue weighted by atomic mass is 10.1. The third kappa shape index (κ3) is 2.23. The number of halogens is 2. The fourth-order valence-electron chi connectivity index (χ4n) is 2.61. The average Bonchev–Trinajstić information content (AvgIpc) is 2.83. The van der Waals surface area contributed by atoms with E-state index in [1.807, 2.05) is 6.07 Å². The SMILES string of the molecule is N#Cc1ccc(NC2CCc3ccc(F)cc32)c(F)c1. The molecule has 0 amide bonds. The van der Waals surface area contributed by atoms with Gasteiger partial charge in [0, 0.05) is 0 Å². The van der Waals surface area contributed by atoms with Crippen LogP contribution in [0.1, 0.15) is 29.2 Å². The van der Waals surface area contributed by atoms with Crippen molar-refractivity contribution < 1.29 is 8.78 Å². The topological polar surface area (TPSA) is 35.8 Å². The van der Waals surface area contributed by atoms with Crippen LogP contribution in [0.5, 0.6) is 0 Å². The van der Waals surface area contributed by atoms with E-state index in [0.29, 0.717) is 5.69 Å². The van der Waals surface area contributed by atoms with Crippen LogP contribution in [0.25, 0.3) is 0 Å². The highest BCUT2D eigenvalue weighted by Crippen LogP contribution is 2.34. The van der Waals surface area contributed by atoms with E-state index in [4.69, 9.17) is 5.26 Å². The smallest absolute Gasteiger partial charge is 0.147 e. The van der Waals surface area contributed by atoms with Crippen molar-refractivity contribution in [3.63, 3.8) is 0 Å². The summed E-state index contributed by atoms with van der Waals surface area (Å²) in [4.78, 5) is 0. The maximum absolute atomic E-state index is 13.9. The van der Waals surface area contributed by atoms with Gasteiger partial charge in [-0.3, -0.25) is 0 Å². The normalized spacial score (nSPS) is 16.6. The van der Waals surface area contributed by atoms with E-state index in [9.17, 15) is 8.78 Å². The molecule has 0 fully saturated rings. The number of aryl methyl sites for hydroxylation is 1. The number of hydrogen-bond acceptors (Lipinski definition) is 2. The van der Waals surface area contributed by atoms with Crippen LogP contribution in [0.3, 0.4) is 0 Å². The number of anilines is 1. The molecule has 4 heteroatoms. The van der Waals surface area contributed by atoms with Crippen molar-refractivity contribution in [1.82, 2.24) is 0 Å². The van der Waals surface area contributed by atoms with E-state index in [1.54, 1.807) is 18.2 Å². The Balaban J connectivity index is 1.88. The van der Waals surface area contributed by atoms with E-state index in [2.05, 4.69) is 5.32 Å². The molecule has 2 aromatic carbocycles. The van der Waals surface area contributed by atoms with Gasteiger partial charge in [-0.25, -0.2) is 8.78 Å². The largest absolute Gasteiger partial charge is 0.376 e. The maximum Gasteiger partial charge on any atom is 0.147 e. The summed E-state index contributed by atoms with van der Waals surface area (Å²) in [6.07, 6.45) is 1.66. The Kier molecular flexibility index (Phi) is 3.11. The molecule has 3 rings (SSSR count).